The lowest BCUT2D eigenvalue weighted by Gasteiger charge is -2.35. The highest BCUT2D eigenvalue weighted by Crippen LogP contribution is 2.29. The summed E-state index contributed by atoms with van der Waals surface area (Å²) in [6.45, 7) is 2.87. The maximum absolute atomic E-state index is 12.4. The Morgan fingerprint density at radius 2 is 1.83 bits per heavy atom. The van der Waals surface area contributed by atoms with Crippen molar-refractivity contribution >= 4 is 17.4 Å². The van der Waals surface area contributed by atoms with Crippen LogP contribution in [0.3, 0.4) is 0 Å². The molecule has 0 atom stereocenters. The van der Waals surface area contributed by atoms with E-state index in [1.165, 1.54) is 0 Å². The average molecular weight is 331 g/mol. The van der Waals surface area contributed by atoms with Gasteiger partial charge >= 0.3 is 6.03 Å². The maximum atomic E-state index is 12.4. The number of urea groups is 1. The largest absolute Gasteiger partial charge is 0.493 e. The minimum Gasteiger partial charge on any atom is -0.493 e. The summed E-state index contributed by atoms with van der Waals surface area (Å²) in [4.78, 5) is 16.4. The molecule has 7 nitrogen and oxygen atoms in total. The van der Waals surface area contributed by atoms with E-state index in [4.69, 9.17) is 13.9 Å². The Morgan fingerprint density at radius 1 is 1.08 bits per heavy atom. The monoisotopic (exact) mass is 331 g/mol. The zero-order valence-electron chi connectivity index (χ0n) is 13.8. The number of benzene rings is 1. The molecule has 0 radical (unpaired) electrons. The molecule has 1 aromatic carbocycles. The molecule has 0 spiro atoms. The lowest BCUT2D eigenvalue weighted by Crippen LogP contribution is -2.50. The molecular weight excluding hydrogens is 310 g/mol. The number of ether oxygens (including phenoxy) is 2. The first-order valence-corrected chi connectivity index (χ1v) is 7.76. The Bertz CT molecular complexity index is 679. The fraction of sp³-hybridized carbons (Fsp3) is 0.353. The number of nitrogens with one attached hydrogen (secondary N) is 1. The molecule has 3 rings (SSSR count). The standard InChI is InChI=1S/C17H21N3O4/c1-22-15-4-3-13(11-16(15)23-2)18-17(21)20-8-6-19(7-9-20)14-5-10-24-12-14/h3-5,10-12H,6-9H2,1-2H3,(H,18,21). The van der Waals surface area contributed by atoms with Gasteiger partial charge in [-0.05, 0) is 18.2 Å². The Morgan fingerprint density at radius 3 is 2.46 bits per heavy atom. The highest BCUT2D eigenvalue weighted by molar-refractivity contribution is 5.90. The lowest BCUT2D eigenvalue weighted by molar-refractivity contribution is 0.208. The second-order valence-corrected chi connectivity index (χ2v) is 5.46. The third-order valence-corrected chi connectivity index (χ3v) is 4.07. The molecule has 2 amide bonds. The smallest absolute Gasteiger partial charge is 0.321 e. The molecule has 1 aliphatic heterocycles. The van der Waals surface area contributed by atoms with Crippen LogP contribution >= 0.6 is 0 Å². The van der Waals surface area contributed by atoms with Gasteiger partial charge in [-0.3, -0.25) is 0 Å². The molecule has 1 N–H and O–H groups in total. The number of anilines is 2. The van der Waals surface area contributed by atoms with E-state index < -0.39 is 0 Å². The first-order chi connectivity index (χ1) is 11.7. The van der Waals surface area contributed by atoms with E-state index in [0.717, 1.165) is 18.8 Å². The van der Waals surface area contributed by atoms with Crippen molar-refractivity contribution in [3.63, 3.8) is 0 Å². The van der Waals surface area contributed by atoms with Gasteiger partial charge in [0.2, 0.25) is 0 Å². The highest BCUT2D eigenvalue weighted by atomic mass is 16.5. The second-order valence-electron chi connectivity index (χ2n) is 5.46. The van der Waals surface area contributed by atoms with Crippen molar-refractivity contribution in [2.45, 2.75) is 0 Å². The number of hydrogen-bond donors (Lipinski definition) is 1. The van der Waals surface area contributed by atoms with Crippen LogP contribution in [-0.2, 0) is 0 Å². The molecule has 1 aliphatic rings. The van der Waals surface area contributed by atoms with Crippen molar-refractivity contribution in [2.75, 3.05) is 50.6 Å². The summed E-state index contributed by atoms with van der Waals surface area (Å²) in [6.07, 6.45) is 3.38. The van der Waals surface area contributed by atoms with Gasteiger partial charge in [0.1, 0.15) is 6.26 Å². The van der Waals surface area contributed by atoms with Gasteiger partial charge in [0.15, 0.2) is 11.5 Å². The Labute approximate surface area is 140 Å². The summed E-state index contributed by atoms with van der Waals surface area (Å²) in [5, 5.41) is 2.90. The number of hydrogen-bond acceptors (Lipinski definition) is 5. The third kappa shape index (κ3) is 3.40. The summed E-state index contributed by atoms with van der Waals surface area (Å²) in [6, 6.07) is 7.12. The van der Waals surface area contributed by atoms with E-state index in [2.05, 4.69) is 10.2 Å². The Balaban J connectivity index is 1.58. The minimum atomic E-state index is -0.117. The van der Waals surface area contributed by atoms with Crippen LogP contribution in [-0.4, -0.2) is 51.3 Å². The summed E-state index contributed by atoms with van der Waals surface area (Å²) < 4.78 is 15.6. The van der Waals surface area contributed by atoms with Gasteiger partial charge in [-0.25, -0.2) is 4.79 Å². The molecule has 1 aromatic heterocycles. The molecule has 7 heteroatoms. The summed E-state index contributed by atoms with van der Waals surface area (Å²) in [5.41, 5.74) is 1.73. The second kappa shape index (κ2) is 7.16. The lowest BCUT2D eigenvalue weighted by atomic mass is 10.2. The summed E-state index contributed by atoms with van der Waals surface area (Å²) in [7, 11) is 3.15. The van der Waals surface area contributed by atoms with Gasteiger partial charge < -0.3 is 29.0 Å². The third-order valence-electron chi connectivity index (χ3n) is 4.07. The van der Waals surface area contributed by atoms with E-state index in [0.29, 0.717) is 30.3 Å². The molecule has 0 aliphatic carbocycles. The van der Waals surface area contributed by atoms with Gasteiger partial charge in [0.05, 0.1) is 26.2 Å². The van der Waals surface area contributed by atoms with Gasteiger partial charge in [-0.1, -0.05) is 0 Å². The molecule has 128 valence electrons. The van der Waals surface area contributed by atoms with E-state index >= 15 is 0 Å². The molecule has 0 saturated carbocycles. The fourth-order valence-corrected chi connectivity index (χ4v) is 2.72. The molecule has 0 unspecified atom stereocenters. The quantitative estimate of drug-likeness (QED) is 0.933. The van der Waals surface area contributed by atoms with Gasteiger partial charge in [-0.2, -0.15) is 0 Å². The molecule has 1 saturated heterocycles. The average Bonchev–Trinajstić information content (AvgIpc) is 3.16. The number of carbonyl (C=O) groups is 1. The number of nitrogens with zero attached hydrogens (tertiary/aromatic N) is 2. The fourth-order valence-electron chi connectivity index (χ4n) is 2.72. The SMILES string of the molecule is COc1ccc(NC(=O)N2CCN(c3ccoc3)CC2)cc1OC. The molecule has 24 heavy (non-hydrogen) atoms. The van der Waals surface area contributed by atoms with Crippen molar-refractivity contribution in [3.8, 4) is 11.5 Å². The predicted molar refractivity (Wildman–Crippen MR) is 91.1 cm³/mol. The molecule has 2 heterocycles. The normalized spacial score (nSPS) is 14.4. The maximum Gasteiger partial charge on any atom is 0.321 e. The Hall–Kier alpha value is -2.83. The first kappa shape index (κ1) is 16.0. The number of rotatable bonds is 4. The Kier molecular flexibility index (Phi) is 4.79. The van der Waals surface area contributed by atoms with Crippen LogP contribution in [0.15, 0.2) is 41.2 Å². The molecule has 1 fully saturated rings. The number of methoxy groups -OCH3 is 2. The number of piperazine rings is 1. The molecule has 0 bridgehead atoms. The van der Waals surface area contributed by atoms with Crippen LogP contribution in [0, 0.1) is 0 Å². The van der Waals surface area contributed by atoms with E-state index in [9.17, 15) is 4.79 Å². The first-order valence-electron chi connectivity index (χ1n) is 7.76. The van der Waals surface area contributed by atoms with Gasteiger partial charge in [-0.15, -0.1) is 0 Å². The van der Waals surface area contributed by atoms with E-state index in [1.54, 1.807) is 49.8 Å². The minimum absolute atomic E-state index is 0.117. The van der Waals surface area contributed by atoms with Gasteiger partial charge in [0, 0.05) is 37.9 Å². The topological polar surface area (TPSA) is 67.2 Å². The van der Waals surface area contributed by atoms with Crippen molar-refractivity contribution in [1.82, 2.24) is 4.90 Å². The molecular formula is C17H21N3O4. The van der Waals surface area contributed by atoms with Crippen molar-refractivity contribution < 1.29 is 18.7 Å². The zero-order valence-corrected chi connectivity index (χ0v) is 13.8. The summed E-state index contributed by atoms with van der Waals surface area (Å²) >= 11 is 0. The van der Waals surface area contributed by atoms with Gasteiger partial charge in [0.25, 0.3) is 0 Å². The van der Waals surface area contributed by atoms with Crippen LogP contribution < -0.4 is 19.7 Å². The summed E-state index contributed by atoms with van der Waals surface area (Å²) in [5.74, 6) is 1.21. The van der Waals surface area contributed by atoms with Crippen LogP contribution in [0.25, 0.3) is 0 Å². The van der Waals surface area contributed by atoms with E-state index in [-0.39, 0.29) is 6.03 Å². The zero-order chi connectivity index (χ0) is 16.9. The van der Waals surface area contributed by atoms with E-state index in [1.807, 2.05) is 6.07 Å². The van der Waals surface area contributed by atoms with Crippen LogP contribution in [0.5, 0.6) is 11.5 Å². The number of amides is 2. The van der Waals surface area contributed by atoms with Crippen LogP contribution in [0.1, 0.15) is 0 Å². The van der Waals surface area contributed by atoms with Crippen LogP contribution in [0.2, 0.25) is 0 Å². The van der Waals surface area contributed by atoms with Crippen molar-refractivity contribution in [3.05, 3.63) is 36.8 Å². The van der Waals surface area contributed by atoms with Crippen molar-refractivity contribution in [1.29, 1.82) is 0 Å². The molecule has 2 aromatic rings. The van der Waals surface area contributed by atoms with Crippen molar-refractivity contribution in [2.24, 2.45) is 0 Å². The van der Waals surface area contributed by atoms with Crippen LogP contribution in [0.4, 0.5) is 16.2 Å². The number of carbonyl (C=O) groups excluding carboxylic acids is 1. The number of furan rings is 1. The highest BCUT2D eigenvalue weighted by Gasteiger charge is 2.22. The predicted octanol–water partition coefficient (Wildman–Crippen LogP) is 2.65.